The third-order valence-electron chi connectivity index (χ3n) is 4.30. The van der Waals surface area contributed by atoms with Gasteiger partial charge >= 0.3 is 0 Å². The Balaban J connectivity index is 1.64. The van der Waals surface area contributed by atoms with Gasteiger partial charge in [-0.25, -0.2) is 0 Å². The minimum atomic E-state index is -0.0335. The lowest BCUT2D eigenvalue weighted by Gasteiger charge is -2.12. The summed E-state index contributed by atoms with van der Waals surface area (Å²) in [5.74, 6) is 1.42. The Bertz CT molecular complexity index is 898. The summed E-state index contributed by atoms with van der Waals surface area (Å²) in [6.45, 7) is 5.93. The van der Waals surface area contributed by atoms with E-state index in [9.17, 15) is 4.79 Å². The van der Waals surface area contributed by atoms with Crippen LogP contribution in [0.3, 0.4) is 0 Å². The molecule has 1 aromatic carbocycles. The number of methoxy groups -OCH3 is 1. The fourth-order valence-corrected chi connectivity index (χ4v) is 3.88. The van der Waals surface area contributed by atoms with Crippen LogP contribution in [0.4, 0.5) is 0 Å². The largest absolute Gasteiger partial charge is 0.493 e. The van der Waals surface area contributed by atoms with Gasteiger partial charge in [0.15, 0.2) is 11.5 Å². The fourth-order valence-electron chi connectivity index (χ4n) is 3.06. The summed E-state index contributed by atoms with van der Waals surface area (Å²) in [6, 6.07) is 9.90. The predicted octanol–water partition coefficient (Wildman–Crippen LogP) is 4.10. The monoisotopic (exact) mass is 372 g/mol. The number of carbonyl (C=O) groups is 1. The van der Waals surface area contributed by atoms with Crippen molar-refractivity contribution in [2.45, 2.75) is 26.8 Å². The van der Waals surface area contributed by atoms with Crippen molar-refractivity contribution in [3.8, 4) is 11.5 Å². The number of hydrogen-bond acceptors (Lipinski definition) is 4. The van der Waals surface area contributed by atoms with E-state index in [-0.39, 0.29) is 5.91 Å². The van der Waals surface area contributed by atoms with Crippen LogP contribution in [0.15, 0.2) is 35.7 Å². The molecule has 0 aliphatic carbocycles. The van der Waals surface area contributed by atoms with Gasteiger partial charge in [-0.15, -0.1) is 11.3 Å². The van der Waals surface area contributed by atoms with Gasteiger partial charge in [-0.1, -0.05) is 6.07 Å². The van der Waals surface area contributed by atoms with Gasteiger partial charge in [0.1, 0.15) is 5.69 Å². The van der Waals surface area contributed by atoms with Gasteiger partial charge in [0, 0.05) is 13.1 Å². The summed E-state index contributed by atoms with van der Waals surface area (Å²) >= 11 is 1.66. The molecule has 3 rings (SSSR count). The highest BCUT2D eigenvalue weighted by Gasteiger charge is 2.15. The number of thiophene rings is 1. The van der Waals surface area contributed by atoms with Crippen LogP contribution in [0.1, 0.15) is 29.9 Å². The van der Waals surface area contributed by atoms with Gasteiger partial charge in [-0.05, 0) is 55.5 Å². The van der Waals surface area contributed by atoms with Crippen molar-refractivity contribution in [3.63, 3.8) is 0 Å². The molecule has 138 valence electrons. The normalized spacial score (nSPS) is 10.9. The molecular formula is C20H24N2O3S. The van der Waals surface area contributed by atoms with Gasteiger partial charge in [-0.3, -0.25) is 4.79 Å². The molecule has 0 bridgehead atoms. The fraction of sp³-hybridized carbons (Fsp3) is 0.350. The van der Waals surface area contributed by atoms with Crippen LogP contribution in [0.25, 0.3) is 10.2 Å². The van der Waals surface area contributed by atoms with Crippen molar-refractivity contribution in [2.75, 3.05) is 20.3 Å². The molecule has 0 radical (unpaired) electrons. The molecule has 0 spiro atoms. The lowest BCUT2D eigenvalue weighted by Crippen LogP contribution is -2.27. The average molecular weight is 372 g/mol. The third kappa shape index (κ3) is 3.70. The van der Waals surface area contributed by atoms with E-state index in [1.807, 2.05) is 31.2 Å². The van der Waals surface area contributed by atoms with Crippen molar-refractivity contribution in [3.05, 3.63) is 47.0 Å². The highest BCUT2D eigenvalue weighted by Crippen LogP contribution is 2.28. The van der Waals surface area contributed by atoms with Crippen molar-refractivity contribution in [1.29, 1.82) is 0 Å². The van der Waals surface area contributed by atoms with E-state index in [1.54, 1.807) is 18.4 Å². The Labute approximate surface area is 157 Å². The minimum absolute atomic E-state index is 0.0335. The summed E-state index contributed by atoms with van der Waals surface area (Å²) in [4.78, 5) is 12.6. The second-order valence-corrected chi connectivity index (χ2v) is 6.82. The van der Waals surface area contributed by atoms with Crippen LogP contribution in [0.5, 0.6) is 11.5 Å². The first-order chi connectivity index (χ1) is 12.7. The molecule has 0 saturated heterocycles. The maximum atomic E-state index is 12.6. The van der Waals surface area contributed by atoms with E-state index >= 15 is 0 Å². The van der Waals surface area contributed by atoms with Crippen LogP contribution in [-0.4, -0.2) is 30.7 Å². The van der Waals surface area contributed by atoms with E-state index in [0.717, 1.165) is 45.9 Å². The average Bonchev–Trinajstić information content (AvgIpc) is 3.23. The van der Waals surface area contributed by atoms with Crippen LogP contribution in [0, 0.1) is 0 Å². The topological polar surface area (TPSA) is 52.5 Å². The Morgan fingerprint density at radius 1 is 1.19 bits per heavy atom. The number of fused-ring (bicyclic) bond motifs is 1. The maximum Gasteiger partial charge on any atom is 0.267 e. The SMILES string of the molecule is CCOc1cc(CCNC(=O)c2cc3sccc3n2CC)ccc1OC. The Hall–Kier alpha value is -2.47. The lowest BCUT2D eigenvalue weighted by molar-refractivity contribution is 0.0945. The first kappa shape index (κ1) is 18.3. The van der Waals surface area contributed by atoms with E-state index < -0.39 is 0 Å². The zero-order valence-electron chi connectivity index (χ0n) is 15.4. The number of hydrogen-bond donors (Lipinski definition) is 1. The molecule has 2 aromatic heterocycles. The summed E-state index contributed by atoms with van der Waals surface area (Å²) in [5.41, 5.74) is 2.94. The van der Waals surface area contributed by atoms with Gasteiger partial charge in [-0.2, -0.15) is 0 Å². The van der Waals surface area contributed by atoms with Gasteiger partial charge in [0.2, 0.25) is 0 Å². The molecule has 6 heteroatoms. The second kappa shape index (κ2) is 8.27. The standard InChI is InChI=1S/C20H24N2O3S/c1-4-22-15-9-11-26-19(15)13-16(22)20(23)21-10-8-14-6-7-17(24-3)18(12-14)25-5-2/h6-7,9,11-13H,4-5,8,10H2,1-3H3,(H,21,23). The molecule has 3 aromatic rings. The smallest absolute Gasteiger partial charge is 0.267 e. The number of benzene rings is 1. The molecule has 0 unspecified atom stereocenters. The maximum absolute atomic E-state index is 12.6. The van der Waals surface area contributed by atoms with Gasteiger partial charge in [0.05, 0.1) is 23.9 Å². The molecule has 0 saturated carbocycles. The molecule has 1 N–H and O–H groups in total. The van der Waals surface area contributed by atoms with E-state index in [1.165, 1.54) is 0 Å². The molecule has 0 aliphatic heterocycles. The highest BCUT2D eigenvalue weighted by molar-refractivity contribution is 7.17. The molecule has 5 nitrogen and oxygen atoms in total. The molecular weight excluding hydrogens is 348 g/mol. The molecule has 0 atom stereocenters. The molecule has 1 amide bonds. The van der Waals surface area contributed by atoms with Crippen molar-refractivity contribution >= 4 is 27.5 Å². The second-order valence-electron chi connectivity index (χ2n) is 5.87. The quantitative estimate of drug-likeness (QED) is 0.648. The molecule has 26 heavy (non-hydrogen) atoms. The summed E-state index contributed by atoms with van der Waals surface area (Å²) in [6.07, 6.45) is 0.733. The van der Waals surface area contributed by atoms with Crippen LogP contribution in [0.2, 0.25) is 0 Å². The van der Waals surface area contributed by atoms with Crippen LogP contribution >= 0.6 is 11.3 Å². The Kier molecular flexibility index (Phi) is 5.83. The van der Waals surface area contributed by atoms with E-state index in [4.69, 9.17) is 9.47 Å². The molecule has 0 aliphatic rings. The number of carbonyl (C=O) groups excluding carboxylic acids is 1. The highest BCUT2D eigenvalue weighted by atomic mass is 32.1. The number of rotatable bonds is 8. The first-order valence-corrected chi connectivity index (χ1v) is 9.70. The number of nitrogens with zero attached hydrogens (tertiary/aromatic N) is 1. The summed E-state index contributed by atoms with van der Waals surface area (Å²) in [5, 5.41) is 5.08. The van der Waals surface area contributed by atoms with Crippen molar-refractivity contribution in [1.82, 2.24) is 9.88 Å². The Morgan fingerprint density at radius 3 is 2.77 bits per heavy atom. The van der Waals surface area contributed by atoms with E-state index in [0.29, 0.717) is 13.2 Å². The van der Waals surface area contributed by atoms with Gasteiger partial charge in [0.25, 0.3) is 5.91 Å². The van der Waals surface area contributed by atoms with Crippen molar-refractivity contribution < 1.29 is 14.3 Å². The van der Waals surface area contributed by atoms with Crippen LogP contribution < -0.4 is 14.8 Å². The number of aromatic nitrogens is 1. The summed E-state index contributed by atoms with van der Waals surface area (Å²) < 4.78 is 14.1. The Morgan fingerprint density at radius 2 is 2.04 bits per heavy atom. The number of nitrogens with one attached hydrogen (secondary N) is 1. The van der Waals surface area contributed by atoms with Crippen molar-refractivity contribution in [2.24, 2.45) is 0 Å². The number of ether oxygens (including phenoxy) is 2. The molecule has 0 fully saturated rings. The van der Waals surface area contributed by atoms with Crippen LogP contribution in [-0.2, 0) is 13.0 Å². The number of aryl methyl sites for hydroxylation is 1. The zero-order valence-corrected chi connectivity index (χ0v) is 16.2. The molecule has 2 heterocycles. The van der Waals surface area contributed by atoms with E-state index in [2.05, 4.69) is 28.3 Å². The first-order valence-electron chi connectivity index (χ1n) is 8.82. The predicted molar refractivity (Wildman–Crippen MR) is 106 cm³/mol. The zero-order chi connectivity index (χ0) is 18.5. The summed E-state index contributed by atoms with van der Waals surface area (Å²) in [7, 11) is 1.63. The minimum Gasteiger partial charge on any atom is -0.493 e. The van der Waals surface area contributed by atoms with Gasteiger partial charge < -0.3 is 19.4 Å². The number of amides is 1. The lowest BCUT2D eigenvalue weighted by atomic mass is 10.1. The third-order valence-corrected chi connectivity index (χ3v) is 5.15.